The average Bonchev–Trinajstić information content (AvgIpc) is 2.90. The van der Waals surface area contributed by atoms with Crippen LogP contribution < -0.4 is 4.74 Å². The molecule has 0 spiro atoms. The molecule has 26 heavy (non-hydrogen) atoms. The second kappa shape index (κ2) is 7.85. The highest BCUT2D eigenvalue weighted by Crippen LogP contribution is 2.15. The molecule has 1 heterocycles. The van der Waals surface area contributed by atoms with Gasteiger partial charge in [0.2, 0.25) is 4.77 Å². The van der Waals surface area contributed by atoms with Crippen LogP contribution in [0.2, 0.25) is 0 Å². The molecule has 136 valence electrons. The first-order valence-electron chi connectivity index (χ1n) is 8.53. The van der Waals surface area contributed by atoms with Crippen LogP contribution in [0.5, 0.6) is 5.75 Å². The molecule has 1 aromatic heterocycles. The summed E-state index contributed by atoms with van der Waals surface area (Å²) in [6, 6.07) is 16.4. The highest BCUT2D eigenvalue weighted by Gasteiger charge is 2.11. The van der Waals surface area contributed by atoms with Gasteiger partial charge in [0.25, 0.3) is 0 Å². The lowest BCUT2D eigenvalue weighted by atomic mass is 10.2. The molecule has 3 aromatic rings. The Morgan fingerprint density at radius 1 is 1.04 bits per heavy atom. The smallest absolute Gasteiger partial charge is 0.203 e. The fourth-order valence-corrected chi connectivity index (χ4v) is 3.26. The van der Waals surface area contributed by atoms with Crippen LogP contribution in [0.15, 0.2) is 48.5 Å². The molecule has 0 N–H and O–H groups in total. The third-order valence-electron chi connectivity index (χ3n) is 4.28. The molecular weight excluding hydrogens is 344 g/mol. The van der Waals surface area contributed by atoms with Gasteiger partial charge < -0.3 is 4.74 Å². The molecule has 0 saturated heterocycles. The summed E-state index contributed by atoms with van der Waals surface area (Å²) in [6.45, 7) is 5.50. The van der Waals surface area contributed by atoms with Crippen molar-refractivity contribution >= 4 is 12.2 Å². The molecule has 0 aliphatic heterocycles. The Labute approximate surface area is 159 Å². The van der Waals surface area contributed by atoms with E-state index in [1.165, 1.54) is 11.1 Å². The maximum atomic E-state index is 5.66. The largest absolute Gasteiger partial charge is 0.497 e. The molecule has 0 aliphatic rings. The van der Waals surface area contributed by atoms with Crippen LogP contribution in [-0.2, 0) is 13.2 Å². The molecule has 0 amide bonds. The van der Waals surface area contributed by atoms with Crippen molar-refractivity contribution in [2.75, 3.05) is 14.2 Å². The highest BCUT2D eigenvalue weighted by atomic mass is 32.1. The van der Waals surface area contributed by atoms with Gasteiger partial charge in [-0.05, 0) is 62.9 Å². The van der Waals surface area contributed by atoms with Gasteiger partial charge in [-0.3, -0.25) is 9.47 Å². The summed E-state index contributed by atoms with van der Waals surface area (Å²) in [7, 11) is 3.74. The predicted molar refractivity (Wildman–Crippen MR) is 106 cm³/mol. The van der Waals surface area contributed by atoms with Crippen molar-refractivity contribution < 1.29 is 4.74 Å². The molecule has 0 bridgehead atoms. The maximum Gasteiger partial charge on any atom is 0.203 e. The zero-order valence-electron chi connectivity index (χ0n) is 15.6. The van der Waals surface area contributed by atoms with Crippen molar-refractivity contribution in [2.45, 2.75) is 27.1 Å². The molecule has 5 nitrogen and oxygen atoms in total. The lowest BCUT2D eigenvalue weighted by molar-refractivity contribution is 0.243. The highest BCUT2D eigenvalue weighted by molar-refractivity contribution is 7.71. The molecule has 3 rings (SSSR count). The number of hydrogen-bond acceptors (Lipinski definition) is 4. The number of methoxy groups -OCH3 is 1. The monoisotopic (exact) mass is 368 g/mol. The summed E-state index contributed by atoms with van der Waals surface area (Å²) >= 11 is 5.66. The first-order chi connectivity index (χ1) is 12.5. The number of aromatic nitrogens is 3. The van der Waals surface area contributed by atoms with Crippen molar-refractivity contribution in [3.05, 3.63) is 70.3 Å². The number of hydrogen-bond donors (Lipinski definition) is 0. The Morgan fingerprint density at radius 3 is 2.31 bits per heavy atom. The molecule has 0 saturated carbocycles. The minimum atomic E-state index is 0.630. The van der Waals surface area contributed by atoms with E-state index in [0.29, 0.717) is 11.4 Å². The van der Waals surface area contributed by atoms with Gasteiger partial charge in [-0.2, -0.15) is 5.10 Å². The van der Waals surface area contributed by atoms with Crippen molar-refractivity contribution in [1.82, 2.24) is 19.2 Å². The molecule has 0 radical (unpaired) electrons. The second-order valence-electron chi connectivity index (χ2n) is 6.50. The van der Waals surface area contributed by atoms with Crippen LogP contribution >= 0.6 is 12.2 Å². The van der Waals surface area contributed by atoms with Gasteiger partial charge in [-0.15, -0.1) is 0 Å². The number of aryl methyl sites for hydroxylation is 2. The van der Waals surface area contributed by atoms with E-state index in [1.807, 2.05) is 28.3 Å². The summed E-state index contributed by atoms with van der Waals surface area (Å²) in [4.78, 5) is 2.18. The van der Waals surface area contributed by atoms with Gasteiger partial charge in [0.1, 0.15) is 11.6 Å². The Kier molecular flexibility index (Phi) is 5.54. The van der Waals surface area contributed by atoms with Crippen LogP contribution in [0, 0.1) is 18.6 Å². The van der Waals surface area contributed by atoms with E-state index in [1.54, 1.807) is 7.11 Å². The third kappa shape index (κ3) is 4.03. The van der Waals surface area contributed by atoms with E-state index in [0.717, 1.165) is 23.8 Å². The van der Waals surface area contributed by atoms with E-state index in [-0.39, 0.29) is 0 Å². The van der Waals surface area contributed by atoms with E-state index in [9.17, 15) is 0 Å². The molecule has 0 aliphatic carbocycles. The normalized spacial score (nSPS) is 11.1. The Balaban J connectivity index is 1.76. The van der Waals surface area contributed by atoms with Crippen LogP contribution in [0.1, 0.15) is 17.0 Å². The lowest BCUT2D eigenvalue weighted by Crippen LogP contribution is -2.22. The molecule has 0 atom stereocenters. The number of rotatable bonds is 6. The van der Waals surface area contributed by atoms with Gasteiger partial charge in [-0.1, -0.05) is 29.8 Å². The number of nitrogens with zero attached hydrogens (tertiary/aromatic N) is 4. The zero-order chi connectivity index (χ0) is 18.7. The quantitative estimate of drug-likeness (QED) is 0.613. The summed E-state index contributed by atoms with van der Waals surface area (Å²) in [5.74, 6) is 1.75. The Bertz CT molecular complexity index is 926. The maximum absolute atomic E-state index is 5.66. The predicted octanol–water partition coefficient (Wildman–Crippen LogP) is 4.12. The van der Waals surface area contributed by atoms with Gasteiger partial charge >= 0.3 is 0 Å². The topological polar surface area (TPSA) is 35.2 Å². The third-order valence-corrected chi connectivity index (χ3v) is 4.67. The average molecular weight is 369 g/mol. The van der Waals surface area contributed by atoms with Crippen LogP contribution in [0.3, 0.4) is 0 Å². The summed E-state index contributed by atoms with van der Waals surface area (Å²) in [5.41, 5.74) is 3.49. The first-order valence-corrected chi connectivity index (χ1v) is 8.93. The van der Waals surface area contributed by atoms with E-state index in [2.05, 4.69) is 60.4 Å². The number of benzene rings is 2. The van der Waals surface area contributed by atoms with Crippen molar-refractivity contribution in [3.8, 4) is 11.4 Å². The minimum Gasteiger partial charge on any atom is -0.497 e. The van der Waals surface area contributed by atoms with E-state index >= 15 is 0 Å². The van der Waals surface area contributed by atoms with Crippen molar-refractivity contribution in [1.29, 1.82) is 0 Å². The summed E-state index contributed by atoms with van der Waals surface area (Å²) in [6.07, 6.45) is 0. The Morgan fingerprint density at radius 2 is 1.69 bits per heavy atom. The molecule has 0 fully saturated rings. The van der Waals surface area contributed by atoms with Crippen LogP contribution in [-0.4, -0.2) is 33.4 Å². The fraction of sp³-hybridized carbons (Fsp3) is 0.300. The molecule has 0 unspecified atom stereocenters. The van der Waals surface area contributed by atoms with E-state index in [4.69, 9.17) is 17.0 Å². The van der Waals surface area contributed by atoms with Gasteiger partial charge in [0, 0.05) is 12.2 Å². The molecule has 6 heteroatoms. The fourth-order valence-electron chi connectivity index (χ4n) is 2.92. The standard InChI is InChI=1S/C20H24N4OS/c1-15-5-9-18(10-6-15)24-16(2)21-23(20(24)26)14-22(3)13-17-7-11-19(25-4)12-8-17/h5-12H,13-14H2,1-4H3. The number of ether oxygens (including phenoxy) is 1. The van der Waals surface area contributed by atoms with Gasteiger partial charge in [-0.25, -0.2) is 4.68 Å². The second-order valence-corrected chi connectivity index (χ2v) is 6.87. The SMILES string of the molecule is COc1ccc(CN(C)Cn2nc(C)n(-c3ccc(C)cc3)c2=S)cc1. The zero-order valence-corrected chi connectivity index (χ0v) is 16.5. The van der Waals surface area contributed by atoms with E-state index < -0.39 is 0 Å². The first kappa shape index (κ1) is 18.4. The Hall–Kier alpha value is -2.44. The minimum absolute atomic E-state index is 0.630. The molecule has 2 aromatic carbocycles. The van der Waals surface area contributed by atoms with Crippen LogP contribution in [0.25, 0.3) is 5.69 Å². The summed E-state index contributed by atoms with van der Waals surface area (Å²) < 4.78 is 9.79. The summed E-state index contributed by atoms with van der Waals surface area (Å²) in [5, 5.41) is 4.63. The molecular formula is C20H24N4OS. The lowest BCUT2D eigenvalue weighted by Gasteiger charge is -2.16. The van der Waals surface area contributed by atoms with Crippen molar-refractivity contribution in [3.63, 3.8) is 0 Å². The van der Waals surface area contributed by atoms with Gasteiger partial charge in [0.05, 0.1) is 13.8 Å². The van der Waals surface area contributed by atoms with Gasteiger partial charge in [0.15, 0.2) is 0 Å². The van der Waals surface area contributed by atoms with Crippen molar-refractivity contribution in [2.24, 2.45) is 0 Å². The van der Waals surface area contributed by atoms with Crippen LogP contribution in [0.4, 0.5) is 0 Å².